The number of hydrogen-bond donors (Lipinski definition) is 0. The molecule has 0 N–H and O–H groups in total. The summed E-state index contributed by atoms with van der Waals surface area (Å²) in [7, 11) is 0. The van der Waals surface area contributed by atoms with Gasteiger partial charge in [0.1, 0.15) is 17.6 Å². The molecule has 2 aliphatic heterocycles. The van der Waals surface area contributed by atoms with E-state index < -0.39 is 0 Å². The van der Waals surface area contributed by atoms with Crippen molar-refractivity contribution in [3.8, 4) is 0 Å². The Kier molecular flexibility index (Phi) is 4.04. The summed E-state index contributed by atoms with van der Waals surface area (Å²) >= 11 is 0. The lowest BCUT2D eigenvalue weighted by Gasteiger charge is -2.35. The van der Waals surface area contributed by atoms with Gasteiger partial charge in [-0.25, -0.2) is 9.98 Å². The first kappa shape index (κ1) is 15.0. The van der Waals surface area contributed by atoms with E-state index in [0.29, 0.717) is 12.4 Å². The Morgan fingerprint density at radius 2 is 1.96 bits per heavy atom. The van der Waals surface area contributed by atoms with Crippen molar-refractivity contribution < 1.29 is 4.79 Å². The molecule has 6 heteroatoms. The normalized spacial score (nSPS) is 23.8. The molecule has 1 saturated heterocycles. The van der Waals surface area contributed by atoms with Gasteiger partial charge in [-0.3, -0.25) is 9.69 Å². The molecule has 1 amide bonds. The quantitative estimate of drug-likeness (QED) is 0.842. The second-order valence-electron chi connectivity index (χ2n) is 6.08. The fourth-order valence-electron chi connectivity index (χ4n) is 3.16. The van der Waals surface area contributed by atoms with Gasteiger partial charge >= 0.3 is 0 Å². The first-order valence-electron chi connectivity index (χ1n) is 8.23. The minimum Gasteiger partial charge on any atom is -0.354 e. The summed E-state index contributed by atoms with van der Waals surface area (Å²) in [5.41, 5.74) is 0.805. The predicted molar refractivity (Wildman–Crippen MR) is 94.5 cm³/mol. The number of rotatable bonds is 3. The highest BCUT2D eigenvalue weighted by molar-refractivity contribution is 6.21. The average molecular weight is 321 g/mol. The number of carbonyl (C=O) groups is 1. The molecule has 1 unspecified atom stereocenters. The molecule has 1 aromatic heterocycles. The summed E-state index contributed by atoms with van der Waals surface area (Å²) < 4.78 is 0. The van der Waals surface area contributed by atoms with Crippen LogP contribution in [0.15, 0.2) is 58.7 Å². The third kappa shape index (κ3) is 3.05. The van der Waals surface area contributed by atoms with Crippen LogP contribution in [-0.2, 0) is 4.79 Å². The van der Waals surface area contributed by atoms with Gasteiger partial charge in [-0.2, -0.15) is 4.99 Å². The van der Waals surface area contributed by atoms with Gasteiger partial charge in [0.2, 0.25) is 0 Å². The molecule has 1 aromatic rings. The van der Waals surface area contributed by atoms with Crippen LogP contribution in [0.3, 0.4) is 0 Å². The second-order valence-corrected chi connectivity index (χ2v) is 6.08. The van der Waals surface area contributed by atoms with Crippen molar-refractivity contribution in [2.45, 2.75) is 0 Å². The van der Waals surface area contributed by atoms with Crippen LogP contribution in [0.5, 0.6) is 0 Å². The Balaban J connectivity index is 1.38. The zero-order valence-electron chi connectivity index (χ0n) is 13.4. The Hall–Kier alpha value is -2.60. The fraction of sp³-hybridized carbons (Fsp3) is 0.333. The average Bonchev–Trinajstić information content (AvgIpc) is 2.63. The van der Waals surface area contributed by atoms with Gasteiger partial charge < -0.3 is 4.90 Å². The molecule has 0 bridgehead atoms. The van der Waals surface area contributed by atoms with Crippen LogP contribution in [0.25, 0.3) is 0 Å². The first-order valence-corrected chi connectivity index (χ1v) is 8.23. The Morgan fingerprint density at radius 1 is 1.08 bits per heavy atom. The Labute approximate surface area is 140 Å². The number of nitrogens with zero attached hydrogens (tertiary/aromatic N) is 5. The maximum atomic E-state index is 12.1. The zero-order chi connectivity index (χ0) is 16.4. The number of carbonyl (C=O) groups excluding carboxylic acids is 1. The molecule has 1 aliphatic carbocycles. The summed E-state index contributed by atoms with van der Waals surface area (Å²) in [5.74, 6) is 1.24. The van der Waals surface area contributed by atoms with Crippen LogP contribution < -0.4 is 4.90 Å². The van der Waals surface area contributed by atoms with Crippen LogP contribution >= 0.6 is 0 Å². The summed E-state index contributed by atoms with van der Waals surface area (Å²) in [6.45, 7) is 4.28. The van der Waals surface area contributed by atoms with Gasteiger partial charge in [0.05, 0.1) is 12.3 Å². The molecule has 4 rings (SSSR count). The number of pyridine rings is 1. The number of hydrogen-bond acceptors (Lipinski definition) is 5. The molecule has 0 aromatic carbocycles. The van der Waals surface area contributed by atoms with E-state index in [4.69, 9.17) is 0 Å². The highest BCUT2D eigenvalue weighted by Gasteiger charge is 2.27. The zero-order valence-corrected chi connectivity index (χ0v) is 13.4. The van der Waals surface area contributed by atoms with Gasteiger partial charge in [-0.05, 0) is 18.2 Å². The van der Waals surface area contributed by atoms with E-state index in [-0.39, 0.29) is 11.8 Å². The molecule has 0 saturated carbocycles. The van der Waals surface area contributed by atoms with Crippen molar-refractivity contribution in [1.29, 1.82) is 0 Å². The topological polar surface area (TPSA) is 61.2 Å². The fourth-order valence-corrected chi connectivity index (χ4v) is 3.16. The van der Waals surface area contributed by atoms with Crippen molar-refractivity contribution in [3.05, 3.63) is 48.7 Å². The van der Waals surface area contributed by atoms with Gasteiger partial charge in [-0.1, -0.05) is 24.3 Å². The monoisotopic (exact) mass is 321 g/mol. The predicted octanol–water partition coefficient (Wildman–Crippen LogP) is 1.33. The minimum atomic E-state index is -0.292. The lowest BCUT2D eigenvalue weighted by Crippen LogP contribution is -2.48. The minimum absolute atomic E-state index is 0.109. The number of aromatic nitrogens is 1. The summed E-state index contributed by atoms with van der Waals surface area (Å²) in [6.07, 6.45) is 9.36. The Morgan fingerprint density at radius 3 is 2.75 bits per heavy atom. The highest BCUT2D eigenvalue weighted by atomic mass is 16.1. The summed E-state index contributed by atoms with van der Waals surface area (Å²) in [4.78, 5) is 29.8. The van der Waals surface area contributed by atoms with E-state index in [1.54, 1.807) is 0 Å². The third-order valence-corrected chi connectivity index (χ3v) is 4.47. The molecule has 6 nitrogen and oxygen atoms in total. The van der Waals surface area contributed by atoms with Gasteiger partial charge in [0.15, 0.2) is 0 Å². The second kappa shape index (κ2) is 6.49. The van der Waals surface area contributed by atoms with Crippen LogP contribution in [0.2, 0.25) is 0 Å². The van der Waals surface area contributed by atoms with Gasteiger partial charge in [0.25, 0.3) is 5.91 Å². The smallest absolute Gasteiger partial charge is 0.260 e. The van der Waals surface area contributed by atoms with Crippen LogP contribution in [-0.4, -0.2) is 60.1 Å². The van der Waals surface area contributed by atoms with E-state index >= 15 is 0 Å². The van der Waals surface area contributed by atoms with Crippen molar-refractivity contribution in [2.24, 2.45) is 15.9 Å². The number of anilines is 1. The molecule has 1 atom stereocenters. The van der Waals surface area contributed by atoms with Gasteiger partial charge in [-0.15, -0.1) is 0 Å². The number of amidine groups is 1. The van der Waals surface area contributed by atoms with Crippen LogP contribution in [0, 0.1) is 5.92 Å². The van der Waals surface area contributed by atoms with Crippen LogP contribution in [0.4, 0.5) is 5.82 Å². The number of aliphatic imine (C=N–C) groups is 2. The standard InChI is InChI=1S/C18H19N5O/c24-18-14-5-1-2-6-15(14)20-16(21-18)13-22-9-11-23(12-10-22)17-7-3-4-8-19-17/h1-8,14H,9-13H2. The van der Waals surface area contributed by atoms with E-state index in [1.165, 1.54) is 0 Å². The van der Waals surface area contributed by atoms with Crippen molar-refractivity contribution in [1.82, 2.24) is 9.88 Å². The lowest BCUT2D eigenvalue weighted by atomic mass is 9.96. The molecule has 3 aliphatic rings. The SMILES string of the molecule is O=C1N=C(CN2CCN(c3ccccn3)CC2)N=C2C=CC=CC12. The van der Waals surface area contributed by atoms with E-state index in [0.717, 1.165) is 37.7 Å². The number of piperazine rings is 1. The van der Waals surface area contributed by atoms with Crippen LogP contribution in [0.1, 0.15) is 0 Å². The van der Waals surface area contributed by atoms with Gasteiger partial charge in [0, 0.05) is 32.4 Å². The van der Waals surface area contributed by atoms with E-state index in [1.807, 2.05) is 48.7 Å². The molecule has 0 spiro atoms. The largest absolute Gasteiger partial charge is 0.354 e. The Bertz CT molecular complexity index is 742. The van der Waals surface area contributed by atoms with Crippen molar-refractivity contribution in [2.75, 3.05) is 37.6 Å². The van der Waals surface area contributed by atoms with E-state index in [2.05, 4.69) is 24.8 Å². The summed E-state index contributed by atoms with van der Waals surface area (Å²) in [6, 6.07) is 5.98. The molecule has 0 radical (unpaired) electrons. The first-order chi connectivity index (χ1) is 11.8. The molecule has 122 valence electrons. The molecule has 24 heavy (non-hydrogen) atoms. The van der Waals surface area contributed by atoms with Crippen molar-refractivity contribution >= 4 is 23.3 Å². The molecular weight excluding hydrogens is 302 g/mol. The molecule has 3 heterocycles. The van der Waals surface area contributed by atoms with E-state index in [9.17, 15) is 4.79 Å². The molecular formula is C18H19N5O. The maximum absolute atomic E-state index is 12.1. The number of fused-ring (bicyclic) bond motifs is 1. The summed E-state index contributed by atoms with van der Waals surface area (Å²) in [5, 5.41) is 0. The molecule has 1 fully saturated rings. The maximum Gasteiger partial charge on any atom is 0.260 e. The lowest BCUT2D eigenvalue weighted by molar-refractivity contribution is -0.118. The number of allylic oxidation sites excluding steroid dienone is 3. The highest BCUT2D eigenvalue weighted by Crippen LogP contribution is 2.17. The number of amides is 1. The van der Waals surface area contributed by atoms with Crippen molar-refractivity contribution in [3.63, 3.8) is 0 Å². The third-order valence-electron chi connectivity index (χ3n) is 4.47.